The fourth-order valence-electron chi connectivity index (χ4n) is 1.73. The fraction of sp³-hybridized carbons (Fsp3) is 0.667. The van der Waals surface area contributed by atoms with Gasteiger partial charge in [-0.2, -0.15) is 0 Å². The summed E-state index contributed by atoms with van der Waals surface area (Å²) in [5.74, 6) is -0.0301. The molecule has 0 saturated carbocycles. The van der Waals surface area contributed by atoms with Crippen LogP contribution in [-0.4, -0.2) is 37.9 Å². The third-order valence-corrected chi connectivity index (χ3v) is 2.82. The summed E-state index contributed by atoms with van der Waals surface area (Å²) in [6.07, 6.45) is 3.59. The Morgan fingerprint density at radius 3 is 2.56 bits per heavy atom. The van der Waals surface area contributed by atoms with Crippen molar-refractivity contribution in [3.63, 3.8) is 0 Å². The average Bonchev–Trinajstić information content (AvgIpc) is 2.31. The number of ether oxygens (including phenoxy) is 1. The smallest absolute Gasteiger partial charge is 0.252 e. The number of carbonyl (C=O) groups excluding carboxylic acids is 1. The van der Waals surface area contributed by atoms with Gasteiger partial charge in [-0.3, -0.25) is 9.79 Å². The van der Waals surface area contributed by atoms with E-state index in [0.717, 1.165) is 31.8 Å². The minimum atomic E-state index is -0.0301. The van der Waals surface area contributed by atoms with Gasteiger partial charge in [0.2, 0.25) is 0 Å². The van der Waals surface area contributed by atoms with Crippen molar-refractivity contribution in [2.45, 2.75) is 32.7 Å². The second-order valence-corrected chi connectivity index (χ2v) is 3.87. The maximum Gasteiger partial charge on any atom is 0.252 e. The zero-order valence-electron chi connectivity index (χ0n) is 10.2. The molecule has 0 aliphatic carbocycles. The number of carbonyl (C=O) groups is 1. The first-order valence-electron chi connectivity index (χ1n) is 5.67. The molecular formula is C12H20N2O2. The van der Waals surface area contributed by atoms with Crippen LogP contribution < -0.4 is 5.32 Å². The molecular weight excluding hydrogens is 204 g/mol. The Kier molecular flexibility index (Phi) is 5.19. The third-order valence-electron chi connectivity index (χ3n) is 2.82. The van der Waals surface area contributed by atoms with E-state index in [9.17, 15) is 4.79 Å². The van der Waals surface area contributed by atoms with E-state index in [-0.39, 0.29) is 11.9 Å². The maximum atomic E-state index is 11.9. The Balaban J connectivity index is 2.56. The molecule has 4 heteroatoms. The zero-order valence-corrected chi connectivity index (χ0v) is 10.2. The van der Waals surface area contributed by atoms with Crippen LogP contribution in [0.25, 0.3) is 0 Å². The van der Waals surface area contributed by atoms with Gasteiger partial charge in [0.25, 0.3) is 5.91 Å². The summed E-state index contributed by atoms with van der Waals surface area (Å²) in [5, 5.41) is 3.02. The van der Waals surface area contributed by atoms with E-state index in [1.165, 1.54) is 0 Å². The first-order chi connectivity index (χ1) is 7.69. The summed E-state index contributed by atoms with van der Waals surface area (Å²) >= 11 is 0. The van der Waals surface area contributed by atoms with E-state index >= 15 is 0 Å². The molecule has 0 aromatic carbocycles. The molecule has 1 aliphatic heterocycles. The van der Waals surface area contributed by atoms with Crippen LogP contribution in [0, 0.1) is 0 Å². The Morgan fingerprint density at radius 1 is 1.44 bits per heavy atom. The fourth-order valence-corrected chi connectivity index (χ4v) is 1.73. The summed E-state index contributed by atoms with van der Waals surface area (Å²) in [4.78, 5) is 16.0. The number of nitrogens with zero attached hydrogens (tertiary/aromatic N) is 1. The van der Waals surface area contributed by atoms with E-state index in [1.54, 1.807) is 13.1 Å². The van der Waals surface area contributed by atoms with Gasteiger partial charge in [-0.15, -0.1) is 0 Å². The van der Waals surface area contributed by atoms with Crippen LogP contribution in [0.2, 0.25) is 0 Å². The molecule has 90 valence electrons. The van der Waals surface area contributed by atoms with Crippen molar-refractivity contribution in [1.82, 2.24) is 5.32 Å². The lowest BCUT2D eigenvalue weighted by atomic mass is 10.1. The molecule has 4 nitrogen and oxygen atoms in total. The highest BCUT2D eigenvalue weighted by molar-refractivity contribution is 6.20. The molecule has 1 amide bonds. The van der Waals surface area contributed by atoms with Crippen LogP contribution in [0.5, 0.6) is 0 Å². The number of hydrogen-bond acceptors (Lipinski definition) is 3. The van der Waals surface area contributed by atoms with E-state index in [4.69, 9.17) is 4.74 Å². The second-order valence-electron chi connectivity index (χ2n) is 3.87. The normalized spacial score (nSPS) is 19.7. The topological polar surface area (TPSA) is 50.7 Å². The highest BCUT2D eigenvalue weighted by Crippen LogP contribution is 2.08. The van der Waals surface area contributed by atoms with Crippen LogP contribution >= 0.6 is 0 Å². The summed E-state index contributed by atoms with van der Waals surface area (Å²) in [6.45, 7) is 5.17. The van der Waals surface area contributed by atoms with Gasteiger partial charge in [-0.1, -0.05) is 6.08 Å². The second kappa shape index (κ2) is 6.43. The lowest BCUT2D eigenvalue weighted by Crippen LogP contribution is -2.40. The molecule has 1 fully saturated rings. The molecule has 0 radical (unpaired) electrons. The van der Waals surface area contributed by atoms with E-state index in [2.05, 4.69) is 10.3 Å². The zero-order chi connectivity index (χ0) is 12.0. The van der Waals surface area contributed by atoms with Crippen LogP contribution in [0.4, 0.5) is 0 Å². The van der Waals surface area contributed by atoms with Gasteiger partial charge in [0.1, 0.15) is 0 Å². The van der Waals surface area contributed by atoms with Crippen molar-refractivity contribution in [1.29, 1.82) is 0 Å². The van der Waals surface area contributed by atoms with Gasteiger partial charge in [-0.25, -0.2) is 0 Å². The van der Waals surface area contributed by atoms with E-state index in [1.807, 2.05) is 13.8 Å². The number of aliphatic imine (C=N–C) groups is 1. The third kappa shape index (κ3) is 3.45. The highest BCUT2D eigenvalue weighted by Gasteiger charge is 2.18. The standard InChI is InChI=1S/C12H20N2O2/c1-4-11(9(2)13-3)12(15)14-10-5-7-16-8-6-10/h4,10H,5-8H2,1-3H3,(H,14,15)/b11-4+,13-9?. The minimum absolute atomic E-state index is 0.0301. The number of amides is 1. The molecule has 0 spiro atoms. The molecule has 16 heavy (non-hydrogen) atoms. The SMILES string of the molecule is C/C=C(/C(=O)NC1CCOCC1)C(C)=NC. The van der Waals surface area contributed by atoms with Gasteiger partial charge in [0.15, 0.2) is 0 Å². The highest BCUT2D eigenvalue weighted by atomic mass is 16.5. The molecule has 1 aliphatic rings. The lowest BCUT2D eigenvalue weighted by molar-refractivity contribution is -0.118. The van der Waals surface area contributed by atoms with Crippen LogP contribution in [0.1, 0.15) is 26.7 Å². The first kappa shape index (κ1) is 12.9. The number of rotatable bonds is 3. The van der Waals surface area contributed by atoms with Crippen molar-refractivity contribution >= 4 is 11.6 Å². The van der Waals surface area contributed by atoms with Gasteiger partial charge in [-0.05, 0) is 26.7 Å². The van der Waals surface area contributed by atoms with Gasteiger partial charge >= 0.3 is 0 Å². The maximum absolute atomic E-state index is 11.9. The number of nitrogens with one attached hydrogen (secondary N) is 1. The summed E-state index contributed by atoms with van der Waals surface area (Å²) in [5.41, 5.74) is 1.43. The van der Waals surface area contributed by atoms with E-state index < -0.39 is 0 Å². The molecule has 1 heterocycles. The largest absolute Gasteiger partial charge is 0.381 e. The van der Waals surface area contributed by atoms with Crippen molar-refractivity contribution in [3.05, 3.63) is 11.6 Å². The Morgan fingerprint density at radius 2 is 2.06 bits per heavy atom. The first-order valence-corrected chi connectivity index (χ1v) is 5.67. The Bertz CT molecular complexity index is 302. The van der Waals surface area contributed by atoms with Crippen molar-refractivity contribution in [2.75, 3.05) is 20.3 Å². The average molecular weight is 224 g/mol. The Labute approximate surface area is 96.8 Å². The monoisotopic (exact) mass is 224 g/mol. The Hall–Kier alpha value is -1.16. The van der Waals surface area contributed by atoms with Crippen molar-refractivity contribution < 1.29 is 9.53 Å². The molecule has 0 atom stereocenters. The van der Waals surface area contributed by atoms with Gasteiger partial charge in [0.05, 0.1) is 5.57 Å². The molecule has 1 saturated heterocycles. The quantitative estimate of drug-likeness (QED) is 0.580. The van der Waals surface area contributed by atoms with Crippen LogP contribution in [0.3, 0.4) is 0 Å². The summed E-state index contributed by atoms with van der Waals surface area (Å²) in [7, 11) is 1.70. The van der Waals surface area contributed by atoms with Gasteiger partial charge in [0, 0.05) is 32.0 Å². The molecule has 0 aromatic heterocycles. The van der Waals surface area contributed by atoms with Crippen molar-refractivity contribution in [2.24, 2.45) is 4.99 Å². The minimum Gasteiger partial charge on any atom is -0.381 e. The molecule has 0 unspecified atom stereocenters. The van der Waals surface area contributed by atoms with Gasteiger partial charge < -0.3 is 10.1 Å². The van der Waals surface area contributed by atoms with Crippen LogP contribution in [0.15, 0.2) is 16.6 Å². The predicted molar refractivity (Wildman–Crippen MR) is 64.8 cm³/mol. The molecule has 0 bridgehead atoms. The molecule has 1 N–H and O–H groups in total. The lowest BCUT2D eigenvalue weighted by Gasteiger charge is -2.23. The molecule has 0 aromatic rings. The number of hydrogen-bond donors (Lipinski definition) is 1. The number of allylic oxidation sites excluding steroid dienone is 1. The van der Waals surface area contributed by atoms with Crippen molar-refractivity contribution in [3.8, 4) is 0 Å². The molecule has 1 rings (SSSR count). The summed E-state index contributed by atoms with van der Waals surface area (Å²) in [6, 6.07) is 0.237. The van der Waals surface area contributed by atoms with Crippen LogP contribution in [-0.2, 0) is 9.53 Å². The summed E-state index contributed by atoms with van der Waals surface area (Å²) < 4.78 is 5.25. The van der Waals surface area contributed by atoms with E-state index in [0.29, 0.717) is 5.57 Å². The predicted octanol–water partition coefficient (Wildman–Crippen LogP) is 1.32.